The van der Waals surface area contributed by atoms with Crippen molar-refractivity contribution in [2.24, 2.45) is 0 Å². The van der Waals surface area contributed by atoms with Crippen LogP contribution in [-0.2, 0) is 0 Å². The Morgan fingerprint density at radius 1 is 0.302 bits per heavy atom. The smallest absolute Gasteiger partial charge is 0.143 e. The van der Waals surface area contributed by atoms with E-state index in [0.717, 1.165) is 83.6 Å². The third-order valence-corrected chi connectivity index (χ3v) is 12.4. The Morgan fingerprint density at radius 2 is 0.730 bits per heavy atom. The van der Waals surface area contributed by atoms with Crippen molar-refractivity contribution < 1.29 is 4.42 Å². The van der Waals surface area contributed by atoms with Crippen LogP contribution in [0, 0.1) is 0 Å². The van der Waals surface area contributed by atoms with Crippen molar-refractivity contribution in [3.63, 3.8) is 0 Å². The van der Waals surface area contributed by atoms with Crippen molar-refractivity contribution in [1.82, 2.24) is 4.57 Å². The molecule has 3 nitrogen and oxygen atoms in total. The fraction of sp³-hybridized carbons (Fsp3) is 0. The van der Waals surface area contributed by atoms with E-state index >= 15 is 0 Å². The Morgan fingerprint density at radius 3 is 1.33 bits per heavy atom. The van der Waals surface area contributed by atoms with E-state index in [9.17, 15) is 0 Å². The normalized spacial score (nSPS) is 11.5. The molecular weight excluding hydrogens is 765 g/mol. The molecule has 12 aromatic rings. The van der Waals surface area contributed by atoms with Crippen LogP contribution in [-0.4, -0.2) is 4.57 Å². The van der Waals surface area contributed by atoms with E-state index in [1.165, 1.54) is 27.4 Å². The average molecular weight is 805 g/mol. The van der Waals surface area contributed by atoms with E-state index in [1.807, 2.05) is 6.07 Å². The Kier molecular flexibility index (Phi) is 8.83. The third-order valence-electron chi connectivity index (χ3n) is 12.4. The molecule has 0 amide bonds. The molecule has 0 saturated carbocycles. The molecule has 0 radical (unpaired) electrons. The molecule has 63 heavy (non-hydrogen) atoms. The number of aromatic nitrogens is 1. The van der Waals surface area contributed by atoms with E-state index in [0.29, 0.717) is 0 Å². The SMILES string of the molecule is c1ccc(-c2ccccc2N(c2ccc(-c3cccc(-n4c5ccccc5c5ccccc54)c3)cc2)c2ccc(-c3cccc4c3oc3c(-c5ccccc5)cccc34)cc2)cc1. The van der Waals surface area contributed by atoms with Crippen molar-refractivity contribution in [2.75, 3.05) is 4.90 Å². The monoisotopic (exact) mass is 804 g/mol. The van der Waals surface area contributed by atoms with Crippen LogP contribution >= 0.6 is 0 Å². The number of furan rings is 1. The van der Waals surface area contributed by atoms with E-state index in [2.05, 4.69) is 246 Å². The van der Waals surface area contributed by atoms with Gasteiger partial charge in [0.15, 0.2) is 0 Å². The van der Waals surface area contributed by atoms with Gasteiger partial charge in [-0.3, -0.25) is 0 Å². The first kappa shape index (κ1) is 36.5. The second kappa shape index (κ2) is 15.3. The van der Waals surface area contributed by atoms with Gasteiger partial charge in [-0.25, -0.2) is 0 Å². The molecule has 0 aliphatic rings. The predicted octanol–water partition coefficient (Wildman–Crippen LogP) is 16.8. The number of hydrogen-bond donors (Lipinski definition) is 0. The molecular formula is C60H40N2O. The summed E-state index contributed by atoms with van der Waals surface area (Å²) in [5, 5.41) is 4.76. The number of fused-ring (bicyclic) bond motifs is 6. The lowest BCUT2D eigenvalue weighted by Gasteiger charge is -2.28. The minimum atomic E-state index is 0.896. The number of para-hydroxylation sites is 5. The molecule has 0 N–H and O–H groups in total. The summed E-state index contributed by atoms with van der Waals surface area (Å²) in [6, 6.07) is 86.9. The second-order valence-corrected chi connectivity index (χ2v) is 16.1. The van der Waals surface area contributed by atoms with Crippen LogP contribution < -0.4 is 4.90 Å². The largest absolute Gasteiger partial charge is 0.455 e. The molecule has 296 valence electrons. The van der Waals surface area contributed by atoms with Crippen LogP contribution in [0.3, 0.4) is 0 Å². The molecule has 10 aromatic carbocycles. The Bertz CT molecular complexity index is 3550. The van der Waals surface area contributed by atoms with Gasteiger partial charge in [-0.1, -0.05) is 188 Å². The molecule has 0 fully saturated rings. The first-order valence-electron chi connectivity index (χ1n) is 21.5. The highest BCUT2D eigenvalue weighted by molar-refractivity contribution is 6.13. The molecule has 0 unspecified atom stereocenters. The Balaban J connectivity index is 0.946. The maximum absolute atomic E-state index is 6.81. The summed E-state index contributed by atoms with van der Waals surface area (Å²) in [5.41, 5.74) is 17.6. The van der Waals surface area contributed by atoms with E-state index in [1.54, 1.807) is 0 Å². The van der Waals surface area contributed by atoms with Gasteiger partial charge >= 0.3 is 0 Å². The zero-order valence-electron chi connectivity index (χ0n) is 34.4. The lowest BCUT2D eigenvalue weighted by molar-refractivity contribution is 0.671. The summed E-state index contributed by atoms with van der Waals surface area (Å²) in [6.07, 6.45) is 0. The highest BCUT2D eigenvalue weighted by Crippen LogP contribution is 2.44. The van der Waals surface area contributed by atoms with Crippen LogP contribution in [0.25, 0.3) is 93.9 Å². The Labute approximate surface area is 366 Å². The number of benzene rings is 10. The van der Waals surface area contributed by atoms with E-state index in [-0.39, 0.29) is 0 Å². The van der Waals surface area contributed by atoms with Gasteiger partial charge in [-0.05, 0) is 82.4 Å². The number of hydrogen-bond acceptors (Lipinski definition) is 2. The Hall–Kier alpha value is -8.40. The maximum atomic E-state index is 6.81. The standard InChI is InChI=1S/C60H40N2O/c1-3-16-42(17-4-1)49-22-7-10-29-56(49)61(46-36-32-41(33-37-46)45-20-13-21-48(40-45)62-57-30-11-8-23-52(57)53-24-9-12-31-58(53)62)47-38-34-44(35-39-47)51-26-15-28-55-54-27-14-25-50(59(54)63-60(51)55)43-18-5-2-6-19-43/h1-40H. The molecule has 0 aliphatic carbocycles. The molecule has 3 heteroatoms. The van der Waals surface area contributed by atoms with Crippen LogP contribution in [0.4, 0.5) is 17.1 Å². The van der Waals surface area contributed by atoms with Gasteiger partial charge in [0.05, 0.1) is 16.7 Å². The fourth-order valence-corrected chi connectivity index (χ4v) is 9.47. The average Bonchev–Trinajstić information content (AvgIpc) is 3.92. The van der Waals surface area contributed by atoms with Gasteiger partial charge in [0, 0.05) is 55.3 Å². The van der Waals surface area contributed by atoms with Crippen molar-refractivity contribution in [3.05, 3.63) is 243 Å². The summed E-state index contributed by atoms with van der Waals surface area (Å²) in [5.74, 6) is 0. The van der Waals surface area contributed by atoms with Crippen molar-refractivity contribution in [2.45, 2.75) is 0 Å². The summed E-state index contributed by atoms with van der Waals surface area (Å²) >= 11 is 0. The zero-order chi connectivity index (χ0) is 41.7. The first-order chi connectivity index (χ1) is 31.3. The third kappa shape index (κ3) is 6.29. The van der Waals surface area contributed by atoms with Crippen LogP contribution in [0.1, 0.15) is 0 Å². The first-order valence-corrected chi connectivity index (χ1v) is 21.5. The van der Waals surface area contributed by atoms with Gasteiger partial charge < -0.3 is 13.9 Å². The quantitative estimate of drug-likeness (QED) is 0.153. The van der Waals surface area contributed by atoms with Gasteiger partial charge in [-0.2, -0.15) is 0 Å². The predicted molar refractivity (Wildman–Crippen MR) is 264 cm³/mol. The highest BCUT2D eigenvalue weighted by atomic mass is 16.3. The summed E-state index contributed by atoms with van der Waals surface area (Å²) in [4.78, 5) is 2.37. The fourth-order valence-electron chi connectivity index (χ4n) is 9.47. The summed E-state index contributed by atoms with van der Waals surface area (Å²) < 4.78 is 9.19. The van der Waals surface area contributed by atoms with Crippen LogP contribution in [0.2, 0.25) is 0 Å². The summed E-state index contributed by atoms with van der Waals surface area (Å²) in [6.45, 7) is 0. The summed E-state index contributed by atoms with van der Waals surface area (Å²) in [7, 11) is 0. The molecule has 0 bridgehead atoms. The molecule has 0 aliphatic heterocycles. The van der Waals surface area contributed by atoms with Crippen molar-refractivity contribution in [3.8, 4) is 50.2 Å². The van der Waals surface area contributed by atoms with Crippen molar-refractivity contribution >= 4 is 60.8 Å². The topological polar surface area (TPSA) is 21.3 Å². The van der Waals surface area contributed by atoms with Gasteiger partial charge in [0.2, 0.25) is 0 Å². The molecule has 0 atom stereocenters. The number of anilines is 3. The minimum absolute atomic E-state index is 0.896. The molecule has 0 saturated heterocycles. The highest BCUT2D eigenvalue weighted by Gasteiger charge is 2.20. The molecule has 2 heterocycles. The van der Waals surface area contributed by atoms with Gasteiger partial charge in [0.1, 0.15) is 11.2 Å². The molecule has 12 rings (SSSR count). The zero-order valence-corrected chi connectivity index (χ0v) is 34.4. The maximum Gasteiger partial charge on any atom is 0.143 e. The second-order valence-electron chi connectivity index (χ2n) is 16.1. The number of rotatable bonds is 8. The molecule has 0 spiro atoms. The van der Waals surface area contributed by atoms with Crippen molar-refractivity contribution in [1.29, 1.82) is 0 Å². The number of nitrogens with zero attached hydrogens (tertiary/aromatic N) is 2. The minimum Gasteiger partial charge on any atom is -0.455 e. The van der Waals surface area contributed by atoms with E-state index < -0.39 is 0 Å². The lowest BCUT2D eigenvalue weighted by Crippen LogP contribution is -2.11. The van der Waals surface area contributed by atoms with Gasteiger partial charge in [-0.15, -0.1) is 0 Å². The van der Waals surface area contributed by atoms with Gasteiger partial charge in [0.25, 0.3) is 0 Å². The van der Waals surface area contributed by atoms with Crippen LogP contribution in [0.5, 0.6) is 0 Å². The van der Waals surface area contributed by atoms with E-state index in [4.69, 9.17) is 4.42 Å². The van der Waals surface area contributed by atoms with Crippen LogP contribution in [0.15, 0.2) is 247 Å². The molecule has 2 aromatic heterocycles. The lowest BCUT2D eigenvalue weighted by atomic mass is 9.99.